The average molecular weight is 855 g/mol. The molecule has 0 spiro atoms. The van der Waals surface area contributed by atoms with Crippen molar-refractivity contribution in [3.05, 3.63) is 131 Å². The zero-order valence-corrected chi connectivity index (χ0v) is 35.9. The lowest BCUT2D eigenvalue weighted by atomic mass is 10.00. The standard InChI is InChI=1S/2C24H29N5O2.CH4/c2*1-26-17-25-22-7-6-18(12-23(22)26)13-28-10-11-29(24(28)31)16-21(30)15-27-9-8-19-4-2-3-5-20(19)14-27;/h2*2-7,12,17,21,30H,8-11,13-16H2,1H3;1H4. The number of rotatable bonds is 12. The minimum Gasteiger partial charge on any atom is -0.390 e. The van der Waals surface area contributed by atoms with E-state index in [1.54, 1.807) is 22.5 Å². The summed E-state index contributed by atoms with van der Waals surface area (Å²) in [5, 5.41) is 21.3. The highest BCUT2D eigenvalue weighted by molar-refractivity contribution is 5.79. The number of carbonyl (C=O) groups is 2. The van der Waals surface area contributed by atoms with Crippen LogP contribution in [0, 0.1) is 0 Å². The normalized spacial score (nSPS) is 17.8. The van der Waals surface area contributed by atoms with Crippen molar-refractivity contribution in [3.63, 3.8) is 0 Å². The molecule has 6 heterocycles. The molecule has 0 radical (unpaired) electrons. The first-order chi connectivity index (χ1) is 30.1. The highest BCUT2D eigenvalue weighted by Gasteiger charge is 2.32. The highest BCUT2D eigenvalue weighted by Crippen LogP contribution is 2.23. The Bertz CT molecular complexity index is 2360. The number of carbonyl (C=O) groups excluding carboxylic acids is 2. The summed E-state index contributed by atoms with van der Waals surface area (Å²) in [6.45, 7) is 9.43. The molecule has 0 bridgehead atoms. The molecule has 332 valence electrons. The van der Waals surface area contributed by atoms with Gasteiger partial charge in [0, 0.05) is 106 Å². The zero-order valence-electron chi connectivity index (χ0n) is 35.9. The molecule has 14 nitrogen and oxygen atoms in total. The van der Waals surface area contributed by atoms with Crippen molar-refractivity contribution in [2.45, 2.75) is 58.7 Å². The third kappa shape index (κ3) is 10.0. The molecule has 4 amide bonds. The van der Waals surface area contributed by atoms with Gasteiger partial charge in [-0.3, -0.25) is 9.80 Å². The Kier molecular flexibility index (Phi) is 13.4. The van der Waals surface area contributed by atoms with Gasteiger partial charge in [0.15, 0.2) is 0 Å². The maximum atomic E-state index is 12.9. The SMILES string of the molecule is C.Cn1cnc2ccc(CN3CCN(CC(O)CN4CCc5ccccc5C4)C3=O)cc21.Cn1cnc2ccc(CN3CCN(CC(O)CN4CCc5ccccc5C4)C3=O)cc21. The number of benzene rings is 4. The number of fused-ring (bicyclic) bond motifs is 4. The summed E-state index contributed by atoms with van der Waals surface area (Å²) in [6.07, 6.45) is 4.56. The molecule has 4 aliphatic heterocycles. The number of imidazole rings is 2. The molecule has 2 unspecified atom stereocenters. The van der Waals surface area contributed by atoms with Crippen LogP contribution in [0.1, 0.15) is 40.8 Å². The average Bonchev–Trinajstić information content (AvgIpc) is 4.04. The van der Waals surface area contributed by atoms with Crippen molar-refractivity contribution < 1.29 is 19.8 Å². The molecule has 4 aliphatic rings. The fourth-order valence-corrected chi connectivity index (χ4v) is 9.52. The zero-order chi connectivity index (χ0) is 42.7. The minimum absolute atomic E-state index is 0. The second-order valence-corrected chi connectivity index (χ2v) is 17.5. The van der Waals surface area contributed by atoms with E-state index in [9.17, 15) is 19.8 Å². The van der Waals surface area contributed by atoms with Gasteiger partial charge in [0.05, 0.1) is 46.9 Å². The van der Waals surface area contributed by atoms with Crippen LogP contribution in [0.2, 0.25) is 0 Å². The fourth-order valence-electron chi connectivity index (χ4n) is 9.52. The first-order valence-corrected chi connectivity index (χ1v) is 22.0. The lowest BCUT2D eigenvalue weighted by molar-refractivity contribution is 0.0811. The Balaban J connectivity index is 0.000000170. The van der Waals surface area contributed by atoms with Gasteiger partial charge in [-0.05, 0) is 70.5 Å². The smallest absolute Gasteiger partial charge is 0.320 e. The molecule has 0 aliphatic carbocycles. The van der Waals surface area contributed by atoms with Gasteiger partial charge in [-0.2, -0.15) is 0 Å². The first-order valence-electron chi connectivity index (χ1n) is 22.0. The summed E-state index contributed by atoms with van der Waals surface area (Å²) in [4.78, 5) is 46.4. The van der Waals surface area contributed by atoms with Crippen LogP contribution in [0.15, 0.2) is 97.6 Å². The topological polar surface area (TPSA) is 130 Å². The van der Waals surface area contributed by atoms with Crippen LogP contribution in [-0.2, 0) is 53.1 Å². The second-order valence-electron chi connectivity index (χ2n) is 17.5. The second kappa shape index (κ2) is 19.3. The van der Waals surface area contributed by atoms with Crippen LogP contribution in [0.5, 0.6) is 0 Å². The minimum atomic E-state index is -0.542. The molecule has 2 atom stereocenters. The number of nitrogens with zero attached hydrogens (tertiary/aromatic N) is 10. The van der Waals surface area contributed by atoms with Crippen molar-refractivity contribution in [1.29, 1.82) is 0 Å². The van der Waals surface area contributed by atoms with Crippen LogP contribution < -0.4 is 0 Å². The van der Waals surface area contributed by atoms with Gasteiger partial charge in [-0.15, -0.1) is 0 Å². The van der Waals surface area contributed by atoms with E-state index in [-0.39, 0.29) is 19.5 Å². The Labute approximate surface area is 370 Å². The summed E-state index contributed by atoms with van der Waals surface area (Å²) in [6, 6.07) is 29.3. The first kappa shape index (κ1) is 43.8. The van der Waals surface area contributed by atoms with E-state index >= 15 is 0 Å². The molecule has 6 aromatic rings. The Morgan fingerprint density at radius 3 is 1.35 bits per heavy atom. The van der Waals surface area contributed by atoms with Gasteiger partial charge < -0.3 is 38.9 Å². The van der Waals surface area contributed by atoms with Crippen molar-refractivity contribution in [2.75, 3.05) is 65.4 Å². The van der Waals surface area contributed by atoms with Gasteiger partial charge in [-0.25, -0.2) is 19.6 Å². The molecular weight excluding hydrogens is 793 g/mol. The van der Waals surface area contributed by atoms with Gasteiger partial charge >= 0.3 is 12.1 Å². The van der Waals surface area contributed by atoms with Gasteiger partial charge in [0.1, 0.15) is 0 Å². The van der Waals surface area contributed by atoms with E-state index < -0.39 is 12.2 Å². The van der Waals surface area contributed by atoms with Crippen LogP contribution in [0.4, 0.5) is 9.59 Å². The fraction of sp³-hybridized carbons (Fsp3) is 0.429. The largest absolute Gasteiger partial charge is 0.390 e. The van der Waals surface area contributed by atoms with E-state index in [1.807, 2.05) is 57.3 Å². The summed E-state index contributed by atoms with van der Waals surface area (Å²) in [7, 11) is 3.95. The van der Waals surface area contributed by atoms with E-state index in [0.29, 0.717) is 65.4 Å². The number of aromatic nitrogens is 4. The van der Waals surface area contributed by atoms with Crippen LogP contribution >= 0.6 is 0 Å². The molecule has 2 aromatic heterocycles. The maximum Gasteiger partial charge on any atom is 0.320 e. The molecule has 10 rings (SSSR count). The predicted molar refractivity (Wildman–Crippen MR) is 246 cm³/mol. The van der Waals surface area contributed by atoms with Crippen molar-refractivity contribution in [3.8, 4) is 0 Å². The molecule has 63 heavy (non-hydrogen) atoms. The molecule has 2 N–H and O–H groups in total. The van der Waals surface area contributed by atoms with Gasteiger partial charge in [0.2, 0.25) is 0 Å². The Hall–Kier alpha value is -5.80. The van der Waals surface area contributed by atoms with Crippen LogP contribution in [0.3, 0.4) is 0 Å². The van der Waals surface area contributed by atoms with Crippen LogP contribution in [-0.4, -0.2) is 148 Å². The number of aliphatic hydroxyl groups excluding tert-OH is 2. The van der Waals surface area contributed by atoms with E-state index in [2.05, 4.69) is 80.4 Å². The summed E-state index contributed by atoms with van der Waals surface area (Å²) < 4.78 is 3.98. The van der Waals surface area contributed by atoms with E-state index in [0.717, 1.165) is 72.2 Å². The molecular formula is C49H62N10O4. The number of β-amino-alcohol motifs (C(OH)–C–C–N with tert-alkyl or cyclic N) is 2. The van der Waals surface area contributed by atoms with Gasteiger partial charge in [0.25, 0.3) is 0 Å². The predicted octanol–water partition coefficient (Wildman–Crippen LogP) is 5.10. The van der Waals surface area contributed by atoms with Gasteiger partial charge in [-0.1, -0.05) is 68.1 Å². The van der Waals surface area contributed by atoms with E-state index in [4.69, 9.17) is 0 Å². The molecule has 0 saturated carbocycles. The molecule has 2 saturated heterocycles. The summed E-state index contributed by atoms with van der Waals surface area (Å²) in [5.74, 6) is 0. The summed E-state index contributed by atoms with van der Waals surface area (Å²) in [5.41, 5.74) is 11.8. The molecule has 14 heteroatoms. The van der Waals surface area contributed by atoms with E-state index in [1.165, 1.54) is 22.3 Å². The van der Waals surface area contributed by atoms with Crippen molar-refractivity contribution in [2.24, 2.45) is 14.1 Å². The number of amides is 4. The van der Waals surface area contributed by atoms with Crippen molar-refractivity contribution in [1.82, 2.24) is 48.5 Å². The third-order valence-corrected chi connectivity index (χ3v) is 12.9. The number of aliphatic hydroxyl groups is 2. The molecule has 4 aromatic carbocycles. The van der Waals surface area contributed by atoms with Crippen molar-refractivity contribution >= 4 is 34.1 Å². The van der Waals surface area contributed by atoms with Crippen LogP contribution in [0.25, 0.3) is 22.1 Å². The number of aryl methyl sites for hydroxylation is 2. The molecule has 2 fully saturated rings. The third-order valence-electron chi connectivity index (χ3n) is 12.9. The lowest BCUT2D eigenvalue weighted by Crippen LogP contribution is -2.43. The maximum absolute atomic E-state index is 12.9. The number of hydrogen-bond acceptors (Lipinski definition) is 8. The summed E-state index contributed by atoms with van der Waals surface area (Å²) >= 11 is 0. The Morgan fingerprint density at radius 2 is 0.921 bits per heavy atom. The number of hydrogen-bond donors (Lipinski definition) is 2. The monoisotopic (exact) mass is 854 g/mol. The highest BCUT2D eigenvalue weighted by atomic mass is 16.3. The number of urea groups is 2. The Morgan fingerprint density at radius 1 is 0.524 bits per heavy atom. The quantitative estimate of drug-likeness (QED) is 0.174. The lowest BCUT2D eigenvalue weighted by Gasteiger charge is -2.31.